The fourth-order valence-electron chi connectivity index (χ4n) is 3.37. The van der Waals surface area contributed by atoms with Gasteiger partial charge in [0.15, 0.2) is 0 Å². The predicted molar refractivity (Wildman–Crippen MR) is 116 cm³/mol. The Bertz CT molecular complexity index is 589. The smallest absolute Gasteiger partial charge is 0.317 e. The molecule has 32 heavy (non-hydrogen) atoms. The van der Waals surface area contributed by atoms with E-state index in [2.05, 4.69) is 10.6 Å². The minimum atomic E-state index is -0.998. The summed E-state index contributed by atoms with van der Waals surface area (Å²) in [4.78, 5) is 53.0. The largest absolute Gasteiger partial charge is 0.480 e. The number of carboxylic acid groups (broad SMARTS) is 3. The van der Waals surface area contributed by atoms with Gasteiger partial charge in [0.25, 0.3) is 0 Å². The van der Waals surface area contributed by atoms with Gasteiger partial charge in [-0.3, -0.25) is 38.8 Å². The number of nitrogens with one attached hydrogen (secondary N) is 2. The Balaban J connectivity index is 2.89. The molecule has 1 fully saturated rings. The Hall–Kier alpha value is -2.32. The molecule has 1 saturated heterocycles. The molecule has 0 aromatic carbocycles. The van der Waals surface area contributed by atoms with Gasteiger partial charge in [0.05, 0.1) is 26.2 Å². The summed E-state index contributed by atoms with van der Waals surface area (Å²) in [6, 6.07) is 0. The van der Waals surface area contributed by atoms with E-state index in [1.807, 2.05) is 4.90 Å². The fourth-order valence-corrected chi connectivity index (χ4v) is 3.37. The fraction of sp³-hybridized carbons (Fsp3) is 0.789. The van der Waals surface area contributed by atoms with E-state index in [4.69, 9.17) is 5.11 Å². The van der Waals surface area contributed by atoms with Crippen LogP contribution in [0.2, 0.25) is 0 Å². The maximum atomic E-state index is 12.3. The van der Waals surface area contributed by atoms with Gasteiger partial charge in [0.2, 0.25) is 5.91 Å². The molecule has 0 spiro atoms. The van der Waals surface area contributed by atoms with Crippen molar-refractivity contribution in [2.45, 2.75) is 0 Å². The van der Waals surface area contributed by atoms with Crippen molar-refractivity contribution in [1.29, 1.82) is 0 Å². The van der Waals surface area contributed by atoms with Crippen molar-refractivity contribution >= 4 is 23.8 Å². The summed E-state index contributed by atoms with van der Waals surface area (Å²) < 4.78 is 0. The monoisotopic (exact) mass is 460 g/mol. The Kier molecular flexibility index (Phi) is 13.4. The normalized spacial score (nSPS) is 18.4. The number of carboxylic acids is 3. The number of rotatable bonds is 11. The van der Waals surface area contributed by atoms with Gasteiger partial charge in [-0.25, -0.2) is 0 Å². The van der Waals surface area contributed by atoms with Gasteiger partial charge in [-0.05, 0) is 7.05 Å². The summed E-state index contributed by atoms with van der Waals surface area (Å²) >= 11 is 0. The Morgan fingerprint density at radius 2 is 0.906 bits per heavy atom. The van der Waals surface area contributed by atoms with Crippen molar-refractivity contribution < 1.29 is 34.5 Å². The zero-order valence-corrected chi connectivity index (χ0v) is 18.7. The highest BCUT2D eigenvalue weighted by molar-refractivity contribution is 5.78. The molecule has 13 nitrogen and oxygen atoms in total. The lowest BCUT2D eigenvalue weighted by atomic mass is 10.3. The van der Waals surface area contributed by atoms with E-state index >= 15 is 0 Å². The first-order valence-electron chi connectivity index (χ1n) is 10.7. The third kappa shape index (κ3) is 13.2. The van der Waals surface area contributed by atoms with Crippen LogP contribution in [0.5, 0.6) is 0 Å². The van der Waals surface area contributed by atoms with E-state index in [0.29, 0.717) is 65.4 Å². The quantitative estimate of drug-likeness (QED) is 0.196. The number of nitrogens with zero attached hydrogens (tertiary/aromatic N) is 4. The summed E-state index contributed by atoms with van der Waals surface area (Å²) in [5.74, 6) is -3.12. The average Bonchev–Trinajstić information content (AvgIpc) is 2.69. The van der Waals surface area contributed by atoms with Gasteiger partial charge in [0, 0.05) is 65.4 Å². The minimum Gasteiger partial charge on any atom is -0.480 e. The lowest BCUT2D eigenvalue weighted by Gasteiger charge is -2.32. The van der Waals surface area contributed by atoms with Crippen molar-refractivity contribution in [2.24, 2.45) is 0 Å². The van der Waals surface area contributed by atoms with Crippen LogP contribution in [0.25, 0.3) is 0 Å². The van der Waals surface area contributed by atoms with Crippen molar-refractivity contribution in [1.82, 2.24) is 30.2 Å². The van der Waals surface area contributed by atoms with E-state index in [-0.39, 0.29) is 32.1 Å². The van der Waals surface area contributed by atoms with Crippen molar-refractivity contribution in [2.75, 3.05) is 98.7 Å². The van der Waals surface area contributed by atoms with Crippen molar-refractivity contribution in [3.8, 4) is 0 Å². The third-order valence-electron chi connectivity index (χ3n) is 5.07. The summed E-state index contributed by atoms with van der Waals surface area (Å²) in [7, 11) is 1.79. The Morgan fingerprint density at radius 3 is 1.19 bits per heavy atom. The molecular weight excluding hydrogens is 424 g/mol. The molecule has 0 atom stereocenters. The Labute approximate surface area is 187 Å². The average molecular weight is 461 g/mol. The lowest BCUT2D eigenvalue weighted by molar-refractivity contribution is -0.140. The molecule has 0 bridgehead atoms. The molecule has 1 aliphatic heterocycles. The van der Waals surface area contributed by atoms with Crippen LogP contribution in [-0.2, 0) is 19.2 Å². The standard InChI is InChI=1S/C19H36N6O7/c1-20-2-3-21-16(26)12-22-4-6-23(13-17(27)28)8-10-25(15-19(31)32)11-9-24(7-5-22)14-18(29)30/h20H,2-15H2,1H3,(H,21,26)(H,27,28)(H,29,30)(H,31,32). The number of aliphatic carboxylic acids is 3. The summed E-state index contributed by atoms with van der Waals surface area (Å²) in [5.41, 5.74) is 0. The zero-order valence-electron chi connectivity index (χ0n) is 18.7. The molecule has 1 amide bonds. The highest BCUT2D eigenvalue weighted by atomic mass is 16.4. The molecule has 184 valence electrons. The lowest BCUT2D eigenvalue weighted by Crippen LogP contribution is -2.50. The SMILES string of the molecule is CNCCNC(=O)CN1CCN(CC(=O)O)CCN(CC(=O)O)CCN(CC(=O)O)CC1. The van der Waals surface area contributed by atoms with Gasteiger partial charge < -0.3 is 26.0 Å². The van der Waals surface area contributed by atoms with Crippen LogP contribution in [0, 0.1) is 0 Å². The zero-order chi connectivity index (χ0) is 23.9. The topological polar surface area (TPSA) is 166 Å². The molecule has 0 aromatic rings. The number of likely N-dealkylation sites (N-methyl/N-ethyl adjacent to an activating group) is 1. The molecule has 0 aliphatic carbocycles. The molecule has 0 aromatic heterocycles. The number of carbonyl (C=O) groups excluding carboxylic acids is 1. The van der Waals surface area contributed by atoms with E-state index in [1.54, 1.807) is 21.7 Å². The molecule has 1 rings (SSSR count). The van der Waals surface area contributed by atoms with Gasteiger partial charge >= 0.3 is 17.9 Å². The van der Waals surface area contributed by atoms with Crippen LogP contribution in [-0.4, -0.2) is 157 Å². The molecule has 1 heterocycles. The molecular formula is C19H36N6O7. The number of amides is 1. The summed E-state index contributed by atoms with van der Waals surface area (Å²) in [5, 5.41) is 33.4. The summed E-state index contributed by atoms with van der Waals surface area (Å²) in [6.45, 7) is 3.65. The predicted octanol–water partition coefficient (Wildman–Crippen LogP) is -3.20. The highest BCUT2D eigenvalue weighted by Crippen LogP contribution is 2.01. The van der Waals surface area contributed by atoms with E-state index in [9.17, 15) is 29.4 Å². The van der Waals surface area contributed by atoms with Crippen LogP contribution >= 0.6 is 0 Å². The van der Waals surface area contributed by atoms with Gasteiger partial charge in [-0.15, -0.1) is 0 Å². The molecule has 5 N–H and O–H groups in total. The first-order chi connectivity index (χ1) is 15.2. The van der Waals surface area contributed by atoms with Crippen LogP contribution in [0.15, 0.2) is 0 Å². The van der Waals surface area contributed by atoms with E-state index in [0.717, 1.165) is 0 Å². The third-order valence-corrected chi connectivity index (χ3v) is 5.07. The van der Waals surface area contributed by atoms with Gasteiger partial charge in [-0.1, -0.05) is 0 Å². The molecule has 1 aliphatic rings. The number of hydrogen-bond acceptors (Lipinski definition) is 9. The molecule has 0 radical (unpaired) electrons. The first kappa shape index (κ1) is 27.7. The van der Waals surface area contributed by atoms with Crippen LogP contribution < -0.4 is 10.6 Å². The van der Waals surface area contributed by atoms with Gasteiger partial charge in [-0.2, -0.15) is 0 Å². The molecule has 13 heteroatoms. The van der Waals surface area contributed by atoms with Crippen molar-refractivity contribution in [3.05, 3.63) is 0 Å². The van der Waals surface area contributed by atoms with Crippen LogP contribution in [0.4, 0.5) is 0 Å². The number of hydrogen-bond donors (Lipinski definition) is 5. The number of carbonyl (C=O) groups is 4. The summed E-state index contributed by atoms with van der Waals surface area (Å²) in [6.07, 6.45) is 0. The molecule has 0 saturated carbocycles. The first-order valence-corrected chi connectivity index (χ1v) is 10.7. The highest BCUT2D eigenvalue weighted by Gasteiger charge is 2.20. The van der Waals surface area contributed by atoms with Crippen molar-refractivity contribution in [3.63, 3.8) is 0 Å². The van der Waals surface area contributed by atoms with Crippen LogP contribution in [0.3, 0.4) is 0 Å². The minimum absolute atomic E-state index is 0.122. The van der Waals surface area contributed by atoms with E-state index in [1.165, 1.54) is 0 Å². The maximum absolute atomic E-state index is 12.3. The van der Waals surface area contributed by atoms with Crippen LogP contribution in [0.1, 0.15) is 0 Å². The molecule has 0 unspecified atom stereocenters. The second kappa shape index (κ2) is 15.5. The van der Waals surface area contributed by atoms with Gasteiger partial charge in [0.1, 0.15) is 0 Å². The maximum Gasteiger partial charge on any atom is 0.317 e. The Morgan fingerprint density at radius 1 is 0.594 bits per heavy atom. The second-order valence-corrected chi connectivity index (χ2v) is 7.74. The second-order valence-electron chi connectivity index (χ2n) is 7.74. The van der Waals surface area contributed by atoms with E-state index < -0.39 is 17.9 Å².